The van der Waals surface area contributed by atoms with Crippen LogP contribution in [0.3, 0.4) is 0 Å². The minimum absolute atomic E-state index is 0.145. The van der Waals surface area contributed by atoms with Crippen molar-refractivity contribution in [3.05, 3.63) is 29.8 Å². The van der Waals surface area contributed by atoms with E-state index in [1.165, 1.54) is 5.56 Å². The molecule has 0 aromatic heterocycles. The number of nitrogens with zero attached hydrogens (tertiary/aromatic N) is 1. The number of aryl methyl sites for hydroxylation is 1. The van der Waals surface area contributed by atoms with Crippen LogP contribution in [-0.4, -0.2) is 51.1 Å². The van der Waals surface area contributed by atoms with Gasteiger partial charge in [-0.25, -0.2) is 8.42 Å². The fourth-order valence-corrected chi connectivity index (χ4v) is 4.12. The first-order chi connectivity index (χ1) is 8.96. The van der Waals surface area contributed by atoms with Crippen molar-refractivity contribution < 1.29 is 13.2 Å². The molecule has 1 fully saturated rings. The van der Waals surface area contributed by atoms with Gasteiger partial charge in [0.1, 0.15) is 12.4 Å². The molecule has 106 valence electrons. The third kappa shape index (κ3) is 4.21. The van der Waals surface area contributed by atoms with Crippen molar-refractivity contribution >= 4 is 9.84 Å². The molecule has 1 aromatic rings. The van der Waals surface area contributed by atoms with Gasteiger partial charge in [0.15, 0.2) is 9.84 Å². The van der Waals surface area contributed by atoms with Gasteiger partial charge >= 0.3 is 0 Å². The fraction of sp³-hybridized carbons (Fsp3) is 0.571. The van der Waals surface area contributed by atoms with Gasteiger partial charge in [0.2, 0.25) is 0 Å². The van der Waals surface area contributed by atoms with Crippen LogP contribution in [0.4, 0.5) is 0 Å². The Labute approximate surface area is 115 Å². The predicted octanol–water partition coefficient (Wildman–Crippen LogP) is 1.49. The molecule has 0 aliphatic carbocycles. The normalized spacial score (nSPS) is 21.7. The van der Waals surface area contributed by atoms with Crippen molar-refractivity contribution in [2.24, 2.45) is 0 Å². The molecule has 0 N–H and O–H groups in total. The number of likely N-dealkylation sites (N-methyl/N-ethyl adjacent to an activating group) is 1. The number of benzene rings is 1. The topological polar surface area (TPSA) is 46.6 Å². The number of hydrogen-bond donors (Lipinski definition) is 0. The molecule has 0 spiro atoms. The lowest BCUT2D eigenvalue weighted by Crippen LogP contribution is -2.35. The first-order valence-electron chi connectivity index (χ1n) is 6.56. The Morgan fingerprint density at radius 1 is 1.42 bits per heavy atom. The van der Waals surface area contributed by atoms with E-state index >= 15 is 0 Å². The summed E-state index contributed by atoms with van der Waals surface area (Å²) in [7, 11) is -0.842. The van der Waals surface area contributed by atoms with Gasteiger partial charge in [-0.2, -0.15) is 0 Å². The third-order valence-electron chi connectivity index (χ3n) is 3.53. The number of ether oxygens (including phenoxy) is 1. The minimum atomic E-state index is -2.81. The van der Waals surface area contributed by atoms with Gasteiger partial charge in [-0.3, -0.25) is 4.90 Å². The van der Waals surface area contributed by atoms with E-state index in [2.05, 4.69) is 4.90 Å². The van der Waals surface area contributed by atoms with Crippen molar-refractivity contribution in [2.75, 3.05) is 31.7 Å². The highest BCUT2D eigenvalue weighted by atomic mass is 32.2. The summed E-state index contributed by atoms with van der Waals surface area (Å²) in [6, 6.07) is 8.08. The summed E-state index contributed by atoms with van der Waals surface area (Å²) in [6.07, 6.45) is 0.739. The van der Waals surface area contributed by atoms with Crippen LogP contribution in [0.25, 0.3) is 0 Å². The number of sulfone groups is 1. The zero-order valence-electron chi connectivity index (χ0n) is 11.5. The summed E-state index contributed by atoms with van der Waals surface area (Å²) >= 11 is 0. The Hall–Kier alpha value is -1.07. The van der Waals surface area contributed by atoms with Gasteiger partial charge in [-0.15, -0.1) is 0 Å². The standard InChI is InChI=1S/C14H21NO3S/c1-12-4-3-5-14(10-12)18-8-7-15(2)13-6-9-19(16,17)11-13/h3-5,10,13H,6-9,11H2,1-2H3. The second-order valence-electron chi connectivity index (χ2n) is 5.20. The zero-order valence-corrected chi connectivity index (χ0v) is 12.3. The third-order valence-corrected chi connectivity index (χ3v) is 5.28. The van der Waals surface area contributed by atoms with Gasteiger partial charge in [0.25, 0.3) is 0 Å². The summed E-state index contributed by atoms with van der Waals surface area (Å²) in [4.78, 5) is 2.08. The van der Waals surface area contributed by atoms with Crippen molar-refractivity contribution in [3.8, 4) is 5.75 Å². The summed E-state index contributed by atoms with van der Waals surface area (Å²) < 4.78 is 28.5. The van der Waals surface area contributed by atoms with Gasteiger partial charge < -0.3 is 4.74 Å². The van der Waals surface area contributed by atoms with Crippen LogP contribution in [0.1, 0.15) is 12.0 Å². The monoisotopic (exact) mass is 283 g/mol. The maximum absolute atomic E-state index is 11.4. The molecule has 0 amide bonds. The first kappa shape index (κ1) is 14.3. The molecule has 19 heavy (non-hydrogen) atoms. The second kappa shape index (κ2) is 5.92. The Balaban J connectivity index is 1.77. The van der Waals surface area contributed by atoms with Crippen LogP contribution in [0.5, 0.6) is 5.75 Å². The molecule has 0 saturated carbocycles. The Bertz CT molecular complexity index is 527. The van der Waals surface area contributed by atoms with Crippen LogP contribution in [0, 0.1) is 6.92 Å². The van der Waals surface area contributed by atoms with E-state index in [4.69, 9.17) is 4.74 Å². The molecule has 1 aliphatic rings. The van der Waals surface area contributed by atoms with Crippen LogP contribution in [0.2, 0.25) is 0 Å². The average Bonchev–Trinajstić information content (AvgIpc) is 2.70. The Kier molecular flexibility index (Phi) is 4.47. The van der Waals surface area contributed by atoms with Gasteiger partial charge in [-0.1, -0.05) is 12.1 Å². The van der Waals surface area contributed by atoms with E-state index in [0.717, 1.165) is 18.7 Å². The highest BCUT2D eigenvalue weighted by Crippen LogP contribution is 2.16. The molecule has 1 atom stereocenters. The number of hydrogen-bond acceptors (Lipinski definition) is 4. The lowest BCUT2D eigenvalue weighted by molar-refractivity contribution is 0.202. The lowest BCUT2D eigenvalue weighted by atomic mass is 10.2. The molecule has 1 heterocycles. The minimum Gasteiger partial charge on any atom is -0.492 e. The highest BCUT2D eigenvalue weighted by molar-refractivity contribution is 7.91. The molecular weight excluding hydrogens is 262 g/mol. The smallest absolute Gasteiger partial charge is 0.151 e. The summed E-state index contributed by atoms with van der Waals surface area (Å²) in [5.41, 5.74) is 1.17. The van der Waals surface area contributed by atoms with E-state index in [-0.39, 0.29) is 11.8 Å². The van der Waals surface area contributed by atoms with E-state index in [0.29, 0.717) is 12.4 Å². The Morgan fingerprint density at radius 2 is 2.21 bits per heavy atom. The van der Waals surface area contributed by atoms with Crippen LogP contribution < -0.4 is 4.74 Å². The van der Waals surface area contributed by atoms with Crippen molar-refractivity contribution in [3.63, 3.8) is 0 Å². The van der Waals surface area contributed by atoms with Crippen molar-refractivity contribution in [2.45, 2.75) is 19.4 Å². The highest BCUT2D eigenvalue weighted by Gasteiger charge is 2.30. The van der Waals surface area contributed by atoms with Crippen LogP contribution >= 0.6 is 0 Å². The quantitative estimate of drug-likeness (QED) is 0.821. The van der Waals surface area contributed by atoms with E-state index in [1.807, 2.05) is 38.2 Å². The molecule has 1 saturated heterocycles. The Morgan fingerprint density at radius 3 is 2.84 bits per heavy atom. The maximum atomic E-state index is 11.4. The second-order valence-corrected chi connectivity index (χ2v) is 7.43. The SMILES string of the molecule is Cc1cccc(OCCN(C)C2CCS(=O)(=O)C2)c1. The average molecular weight is 283 g/mol. The van der Waals surface area contributed by atoms with Crippen molar-refractivity contribution in [1.82, 2.24) is 4.90 Å². The molecule has 1 aliphatic heterocycles. The summed E-state index contributed by atoms with van der Waals surface area (Å²) in [5, 5.41) is 0. The lowest BCUT2D eigenvalue weighted by Gasteiger charge is -2.22. The van der Waals surface area contributed by atoms with Gasteiger partial charge in [0.05, 0.1) is 11.5 Å². The number of rotatable bonds is 5. The maximum Gasteiger partial charge on any atom is 0.151 e. The summed E-state index contributed by atoms with van der Waals surface area (Å²) in [6.45, 7) is 3.35. The van der Waals surface area contributed by atoms with E-state index < -0.39 is 9.84 Å². The molecule has 0 radical (unpaired) electrons. The largest absolute Gasteiger partial charge is 0.492 e. The zero-order chi connectivity index (χ0) is 13.9. The molecule has 1 unspecified atom stereocenters. The predicted molar refractivity (Wildman–Crippen MR) is 76.4 cm³/mol. The molecule has 4 nitrogen and oxygen atoms in total. The van der Waals surface area contributed by atoms with Crippen LogP contribution in [-0.2, 0) is 9.84 Å². The molecule has 2 rings (SSSR count). The molecule has 0 bridgehead atoms. The first-order valence-corrected chi connectivity index (χ1v) is 8.38. The van der Waals surface area contributed by atoms with Gasteiger partial charge in [-0.05, 0) is 38.1 Å². The van der Waals surface area contributed by atoms with E-state index in [9.17, 15) is 8.42 Å². The molecule has 1 aromatic carbocycles. The summed E-state index contributed by atoms with van der Waals surface area (Å²) in [5.74, 6) is 1.47. The molecule has 5 heteroatoms. The fourth-order valence-electron chi connectivity index (χ4n) is 2.32. The molecular formula is C14H21NO3S. The van der Waals surface area contributed by atoms with Crippen molar-refractivity contribution in [1.29, 1.82) is 0 Å². The van der Waals surface area contributed by atoms with E-state index in [1.54, 1.807) is 0 Å². The van der Waals surface area contributed by atoms with Gasteiger partial charge in [0, 0.05) is 12.6 Å². The van der Waals surface area contributed by atoms with Crippen LogP contribution in [0.15, 0.2) is 24.3 Å².